The van der Waals surface area contributed by atoms with Gasteiger partial charge in [-0.3, -0.25) is 9.59 Å². The first-order valence-corrected chi connectivity index (χ1v) is 6.33. The molecule has 7 heteroatoms. The quantitative estimate of drug-likeness (QED) is 0.764. The van der Waals surface area contributed by atoms with Crippen molar-refractivity contribution in [3.8, 4) is 0 Å². The molecule has 0 saturated carbocycles. The molecule has 1 aliphatic rings. The zero-order chi connectivity index (χ0) is 13.7. The standard InChI is InChI=1S/C12H18N4O3/c1-10-8-11(14-19-10)13-3-2-12(18)16-6-4-15(9-17)5-7-16/h8-9H,2-7H2,1H3,(H,13,14). The summed E-state index contributed by atoms with van der Waals surface area (Å²) in [5.41, 5.74) is 0. The second-order valence-corrected chi connectivity index (χ2v) is 4.52. The first-order chi connectivity index (χ1) is 9.19. The van der Waals surface area contributed by atoms with Gasteiger partial charge in [-0.25, -0.2) is 0 Å². The van der Waals surface area contributed by atoms with Crippen molar-refractivity contribution >= 4 is 18.1 Å². The molecular weight excluding hydrogens is 248 g/mol. The van der Waals surface area contributed by atoms with E-state index in [2.05, 4.69) is 10.5 Å². The first-order valence-electron chi connectivity index (χ1n) is 6.33. The largest absolute Gasteiger partial charge is 0.367 e. The number of piperazine rings is 1. The Morgan fingerprint density at radius 2 is 2.21 bits per heavy atom. The molecule has 0 spiro atoms. The normalized spacial score (nSPS) is 15.4. The Labute approximate surface area is 111 Å². The number of nitrogens with one attached hydrogen (secondary N) is 1. The molecule has 1 aliphatic heterocycles. The summed E-state index contributed by atoms with van der Waals surface area (Å²) >= 11 is 0. The molecule has 0 unspecified atom stereocenters. The molecule has 7 nitrogen and oxygen atoms in total. The van der Waals surface area contributed by atoms with Gasteiger partial charge in [-0.1, -0.05) is 5.16 Å². The molecule has 1 aromatic heterocycles. The number of aryl methyl sites for hydroxylation is 1. The van der Waals surface area contributed by atoms with E-state index in [1.807, 2.05) is 6.92 Å². The fraction of sp³-hybridized carbons (Fsp3) is 0.583. The lowest BCUT2D eigenvalue weighted by Gasteiger charge is -2.32. The zero-order valence-electron chi connectivity index (χ0n) is 11.0. The number of anilines is 1. The fourth-order valence-electron chi connectivity index (χ4n) is 1.98. The second-order valence-electron chi connectivity index (χ2n) is 4.52. The topological polar surface area (TPSA) is 78.7 Å². The van der Waals surface area contributed by atoms with Crippen LogP contribution in [0.3, 0.4) is 0 Å². The number of nitrogens with zero attached hydrogens (tertiary/aromatic N) is 3. The summed E-state index contributed by atoms with van der Waals surface area (Å²) in [6.07, 6.45) is 1.24. The van der Waals surface area contributed by atoms with Crippen LogP contribution in [0.15, 0.2) is 10.6 Å². The van der Waals surface area contributed by atoms with Gasteiger partial charge in [0.05, 0.1) is 0 Å². The van der Waals surface area contributed by atoms with Crippen LogP contribution in [0.5, 0.6) is 0 Å². The molecule has 0 bridgehead atoms. The minimum atomic E-state index is 0.0956. The number of carbonyl (C=O) groups excluding carboxylic acids is 2. The van der Waals surface area contributed by atoms with Crippen LogP contribution in [0.25, 0.3) is 0 Å². The summed E-state index contributed by atoms with van der Waals surface area (Å²) in [5.74, 6) is 1.48. The van der Waals surface area contributed by atoms with Crippen LogP contribution in [-0.4, -0.2) is 60.0 Å². The Morgan fingerprint density at radius 3 is 2.79 bits per heavy atom. The highest BCUT2D eigenvalue weighted by molar-refractivity contribution is 5.77. The average Bonchev–Trinajstić information content (AvgIpc) is 2.84. The summed E-state index contributed by atoms with van der Waals surface area (Å²) in [4.78, 5) is 26.0. The number of hydrogen-bond donors (Lipinski definition) is 1. The van der Waals surface area contributed by atoms with Gasteiger partial charge in [0, 0.05) is 45.2 Å². The molecule has 2 rings (SSSR count). The van der Waals surface area contributed by atoms with E-state index in [1.54, 1.807) is 15.9 Å². The minimum Gasteiger partial charge on any atom is -0.367 e. The summed E-state index contributed by atoms with van der Waals surface area (Å²) in [5, 5.41) is 6.83. The van der Waals surface area contributed by atoms with Gasteiger partial charge in [-0.05, 0) is 6.92 Å². The summed E-state index contributed by atoms with van der Waals surface area (Å²) < 4.78 is 4.92. The van der Waals surface area contributed by atoms with E-state index in [0.29, 0.717) is 45.0 Å². The van der Waals surface area contributed by atoms with Gasteiger partial charge < -0.3 is 19.6 Å². The Balaban J connectivity index is 1.68. The molecule has 1 fully saturated rings. The van der Waals surface area contributed by atoms with Gasteiger partial charge in [-0.15, -0.1) is 0 Å². The molecule has 2 heterocycles. The molecule has 0 atom stereocenters. The van der Waals surface area contributed by atoms with Crippen molar-refractivity contribution in [3.63, 3.8) is 0 Å². The van der Waals surface area contributed by atoms with E-state index in [-0.39, 0.29) is 5.91 Å². The van der Waals surface area contributed by atoms with E-state index in [1.165, 1.54) is 0 Å². The van der Waals surface area contributed by atoms with Gasteiger partial charge in [0.1, 0.15) is 5.76 Å². The van der Waals surface area contributed by atoms with Gasteiger partial charge in [0.15, 0.2) is 5.82 Å². The minimum absolute atomic E-state index is 0.0956. The van der Waals surface area contributed by atoms with Crippen LogP contribution in [0, 0.1) is 6.92 Å². The van der Waals surface area contributed by atoms with E-state index in [0.717, 1.165) is 12.2 Å². The number of carbonyl (C=O) groups is 2. The maximum absolute atomic E-state index is 11.9. The zero-order valence-corrected chi connectivity index (χ0v) is 11.0. The monoisotopic (exact) mass is 266 g/mol. The Hall–Kier alpha value is -2.05. The highest BCUT2D eigenvalue weighted by Gasteiger charge is 2.19. The smallest absolute Gasteiger partial charge is 0.224 e. The summed E-state index contributed by atoms with van der Waals surface area (Å²) in [6.45, 7) is 4.80. The van der Waals surface area contributed by atoms with Crippen molar-refractivity contribution in [2.45, 2.75) is 13.3 Å². The number of hydrogen-bond acceptors (Lipinski definition) is 5. The summed E-state index contributed by atoms with van der Waals surface area (Å²) in [7, 11) is 0. The molecule has 1 saturated heterocycles. The molecule has 0 aliphatic carbocycles. The van der Waals surface area contributed by atoms with Crippen molar-refractivity contribution in [1.82, 2.24) is 15.0 Å². The van der Waals surface area contributed by atoms with Crippen LogP contribution < -0.4 is 5.32 Å². The molecule has 0 aromatic carbocycles. The SMILES string of the molecule is Cc1cc(NCCC(=O)N2CCN(C=O)CC2)no1. The number of rotatable bonds is 5. The predicted molar refractivity (Wildman–Crippen MR) is 68.6 cm³/mol. The van der Waals surface area contributed by atoms with Gasteiger partial charge in [-0.2, -0.15) is 0 Å². The second kappa shape index (κ2) is 6.21. The van der Waals surface area contributed by atoms with E-state index in [4.69, 9.17) is 4.52 Å². The number of aromatic nitrogens is 1. The van der Waals surface area contributed by atoms with Crippen LogP contribution in [0.1, 0.15) is 12.2 Å². The molecule has 104 valence electrons. The third-order valence-electron chi connectivity index (χ3n) is 3.09. The van der Waals surface area contributed by atoms with Crippen LogP contribution in [0.2, 0.25) is 0 Å². The predicted octanol–water partition coefficient (Wildman–Crippen LogP) is 0.0856. The van der Waals surface area contributed by atoms with E-state index < -0.39 is 0 Å². The van der Waals surface area contributed by atoms with Crippen LogP contribution in [0.4, 0.5) is 5.82 Å². The lowest BCUT2D eigenvalue weighted by atomic mass is 10.3. The molecule has 0 radical (unpaired) electrons. The Kier molecular flexibility index (Phi) is 4.38. The van der Waals surface area contributed by atoms with Gasteiger partial charge >= 0.3 is 0 Å². The van der Waals surface area contributed by atoms with Crippen molar-refractivity contribution in [2.24, 2.45) is 0 Å². The van der Waals surface area contributed by atoms with Crippen molar-refractivity contribution in [1.29, 1.82) is 0 Å². The van der Waals surface area contributed by atoms with Gasteiger partial charge in [0.2, 0.25) is 12.3 Å². The molecule has 2 amide bonds. The Bertz CT molecular complexity index is 438. The maximum atomic E-state index is 11.9. The molecule has 19 heavy (non-hydrogen) atoms. The van der Waals surface area contributed by atoms with Crippen molar-refractivity contribution < 1.29 is 14.1 Å². The van der Waals surface area contributed by atoms with E-state index in [9.17, 15) is 9.59 Å². The number of amides is 2. The van der Waals surface area contributed by atoms with Crippen molar-refractivity contribution in [3.05, 3.63) is 11.8 Å². The molecule has 1 aromatic rings. The average molecular weight is 266 g/mol. The van der Waals surface area contributed by atoms with Gasteiger partial charge in [0.25, 0.3) is 0 Å². The maximum Gasteiger partial charge on any atom is 0.224 e. The fourth-order valence-corrected chi connectivity index (χ4v) is 1.98. The third kappa shape index (κ3) is 3.70. The summed E-state index contributed by atoms with van der Waals surface area (Å²) in [6, 6.07) is 1.79. The lowest BCUT2D eigenvalue weighted by molar-refractivity contribution is -0.134. The van der Waals surface area contributed by atoms with Crippen LogP contribution in [-0.2, 0) is 9.59 Å². The highest BCUT2D eigenvalue weighted by atomic mass is 16.5. The Morgan fingerprint density at radius 1 is 1.47 bits per heavy atom. The molecular formula is C12H18N4O3. The first kappa shape index (κ1) is 13.4. The van der Waals surface area contributed by atoms with Crippen LogP contribution >= 0.6 is 0 Å². The third-order valence-corrected chi connectivity index (χ3v) is 3.09. The lowest BCUT2D eigenvalue weighted by Crippen LogP contribution is -2.48. The highest BCUT2D eigenvalue weighted by Crippen LogP contribution is 2.07. The van der Waals surface area contributed by atoms with Crippen molar-refractivity contribution in [2.75, 3.05) is 38.0 Å². The molecule has 1 N–H and O–H groups in total. The van der Waals surface area contributed by atoms with E-state index >= 15 is 0 Å².